The zero-order valence-corrected chi connectivity index (χ0v) is 16.6. The highest BCUT2D eigenvalue weighted by Gasteiger charge is 2.29. The molecule has 0 radical (unpaired) electrons. The van der Waals surface area contributed by atoms with Crippen LogP contribution in [0.15, 0.2) is 23.0 Å². The van der Waals surface area contributed by atoms with Gasteiger partial charge in [0, 0.05) is 12.2 Å². The van der Waals surface area contributed by atoms with Gasteiger partial charge in [0.15, 0.2) is 6.61 Å². The second kappa shape index (κ2) is 8.82. The van der Waals surface area contributed by atoms with E-state index in [2.05, 4.69) is 35.6 Å². The van der Waals surface area contributed by atoms with Gasteiger partial charge in [-0.2, -0.15) is 28.1 Å². The van der Waals surface area contributed by atoms with E-state index in [-0.39, 0.29) is 17.6 Å². The Morgan fingerprint density at radius 1 is 1.03 bits per heavy atom. The maximum Gasteiger partial charge on any atom is 0.422 e. The summed E-state index contributed by atoms with van der Waals surface area (Å²) in [6.07, 6.45) is 1.23. The molecule has 31 heavy (non-hydrogen) atoms. The Bertz CT molecular complexity index is 1090. The Morgan fingerprint density at radius 2 is 1.77 bits per heavy atom. The van der Waals surface area contributed by atoms with Crippen LogP contribution in [0, 0.1) is 5.92 Å². The number of benzene rings is 1. The topological polar surface area (TPSA) is 121 Å². The van der Waals surface area contributed by atoms with Crippen molar-refractivity contribution < 1.29 is 17.9 Å². The first-order chi connectivity index (χ1) is 14.8. The van der Waals surface area contributed by atoms with Gasteiger partial charge >= 0.3 is 17.9 Å². The van der Waals surface area contributed by atoms with Crippen LogP contribution in [-0.4, -0.2) is 44.2 Å². The van der Waals surface area contributed by atoms with Crippen LogP contribution in [0.3, 0.4) is 0 Å². The van der Waals surface area contributed by atoms with Gasteiger partial charge in [-0.05, 0) is 37.0 Å². The smallest absolute Gasteiger partial charge is 0.422 e. The highest BCUT2D eigenvalue weighted by atomic mass is 19.4. The molecule has 3 aromatic rings. The van der Waals surface area contributed by atoms with E-state index in [9.17, 15) is 18.0 Å². The third kappa shape index (κ3) is 5.86. The number of hydrogen-bond donors (Lipinski definition) is 4. The lowest BCUT2D eigenvalue weighted by atomic mass is 9.89. The third-order valence-electron chi connectivity index (χ3n) is 5.03. The number of aromatic nitrogens is 5. The number of alkyl halides is 3. The van der Waals surface area contributed by atoms with Crippen molar-refractivity contribution in [2.75, 3.05) is 23.8 Å². The number of anilines is 3. The molecule has 12 heteroatoms. The summed E-state index contributed by atoms with van der Waals surface area (Å²) in [4.78, 5) is 28.8. The number of hydrogen-bond acceptors (Lipinski definition) is 7. The number of nitrogens with one attached hydrogen (secondary N) is 4. The van der Waals surface area contributed by atoms with Crippen LogP contribution in [0.4, 0.5) is 30.8 Å². The molecule has 2 aromatic heterocycles. The second-order valence-corrected chi connectivity index (χ2v) is 7.52. The van der Waals surface area contributed by atoms with E-state index in [4.69, 9.17) is 4.74 Å². The summed E-state index contributed by atoms with van der Waals surface area (Å²) in [6.45, 7) is -0.881. The average molecular weight is 437 g/mol. The molecule has 4 N–H and O–H groups in total. The highest BCUT2D eigenvalue weighted by molar-refractivity contribution is 5.79. The first-order valence-electron chi connectivity index (χ1n) is 10.0. The minimum absolute atomic E-state index is 0.0237. The highest BCUT2D eigenvalue weighted by Crippen LogP contribution is 2.25. The van der Waals surface area contributed by atoms with E-state index < -0.39 is 18.8 Å². The van der Waals surface area contributed by atoms with Gasteiger partial charge in [-0.25, -0.2) is 4.79 Å². The quantitative estimate of drug-likeness (QED) is 0.445. The van der Waals surface area contributed by atoms with Crippen LogP contribution in [0.1, 0.15) is 32.1 Å². The molecular weight excluding hydrogens is 415 g/mol. The van der Waals surface area contributed by atoms with Gasteiger partial charge in [0.25, 0.3) is 0 Å². The summed E-state index contributed by atoms with van der Waals surface area (Å²) in [5.41, 5.74) is 1.38. The Hall–Kier alpha value is -3.31. The average Bonchev–Trinajstić information content (AvgIpc) is 3.10. The van der Waals surface area contributed by atoms with Crippen molar-refractivity contribution in [1.29, 1.82) is 0 Å². The molecule has 4 rings (SSSR count). The van der Waals surface area contributed by atoms with Crippen LogP contribution in [-0.2, 0) is 0 Å². The lowest BCUT2D eigenvalue weighted by molar-refractivity contribution is -0.154. The number of fused-ring (bicyclic) bond motifs is 1. The van der Waals surface area contributed by atoms with E-state index in [1.54, 1.807) is 18.2 Å². The van der Waals surface area contributed by atoms with E-state index >= 15 is 0 Å². The van der Waals surface area contributed by atoms with Gasteiger partial charge in [0.1, 0.15) is 0 Å². The minimum Gasteiger partial charge on any atom is -0.454 e. The summed E-state index contributed by atoms with van der Waals surface area (Å²) in [5, 5.41) is 6.02. The SMILES string of the molecule is O=c1[nH]c2ccc(Nc3nc(NCC4CCCCC4)nc(OCC(F)(F)F)n3)cc2[nH]1. The third-order valence-corrected chi connectivity index (χ3v) is 5.03. The summed E-state index contributed by atoms with van der Waals surface area (Å²) >= 11 is 0. The normalized spacial score (nSPS) is 15.2. The number of imidazole rings is 1. The van der Waals surface area contributed by atoms with E-state index in [0.29, 0.717) is 29.2 Å². The molecule has 0 amide bonds. The second-order valence-electron chi connectivity index (χ2n) is 7.52. The lowest BCUT2D eigenvalue weighted by Gasteiger charge is -2.21. The molecule has 1 aliphatic carbocycles. The molecule has 1 fully saturated rings. The van der Waals surface area contributed by atoms with Gasteiger partial charge in [0.2, 0.25) is 11.9 Å². The summed E-state index contributed by atoms with van der Waals surface area (Å²) in [7, 11) is 0. The molecule has 0 spiro atoms. The van der Waals surface area contributed by atoms with Crippen LogP contribution in [0.25, 0.3) is 11.0 Å². The number of rotatable bonds is 7. The number of H-pyrrole nitrogens is 2. The first kappa shape index (κ1) is 20.9. The summed E-state index contributed by atoms with van der Waals surface area (Å²) in [6, 6.07) is 4.58. The molecule has 1 aliphatic rings. The van der Waals surface area contributed by atoms with Gasteiger partial charge in [-0.3, -0.25) is 0 Å². The maximum atomic E-state index is 12.6. The van der Waals surface area contributed by atoms with E-state index in [0.717, 1.165) is 12.8 Å². The van der Waals surface area contributed by atoms with Crippen molar-refractivity contribution in [3.63, 3.8) is 0 Å². The molecule has 1 saturated carbocycles. The molecule has 0 saturated heterocycles. The largest absolute Gasteiger partial charge is 0.454 e. The van der Waals surface area contributed by atoms with E-state index in [1.165, 1.54) is 19.3 Å². The molecule has 2 heterocycles. The fraction of sp³-hybridized carbons (Fsp3) is 0.474. The first-order valence-corrected chi connectivity index (χ1v) is 10.0. The number of ether oxygens (including phenoxy) is 1. The molecule has 0 bridgehead atoms. The molecule has 0 aliphatic heterocycles. The Kier molecular flexibility index (Phi) is 5.96. The van der Waals surface area contributed by atoms with Crippen molar-refractivity contribution >= 4 is 28.6 Å². The lowest BCUT2D eigenvalue weighted by Crippen LogP contribution is -2.22. The van der Waals surface area contributed by atoms with Crippen molar-refractivity contribution in [3.05, 3.63) is 28.7 Å². The standard InChI is InChI=1S/C19H22F3N7O2/c20-19(21,22)10-31-18-28-15(23-9-11-4-2-1-3-5-11)27-16(29-18)24-12-6-7-13-14(8-12)26-17(30)25-13/h6-8,11H,1-5,9-10H2,(H2,25,26,30)(H2,23,24,27,28,29). The van der Waals surface area contributed by atoms with Crippen molar-refractivity contribution in [3.8, 4) is 6.01 Å². The fourth-order valence-electron chi connectivity index (χ4n) is 3.57. The van der Waals surface area contributed by atoms with E-state index in [1.807, 2.05) is 0 Å². The predicted octanol–water partition coefficient (Wildman–Crippen LogP) is 3.72. The Labute approximate surface area is 174 Å². The Morgan fingerprint density at radius 3 is 2.55 bits per heavy atom. The summed E-state index contributed by atoms with van der Waals surface area (Å²) < 4.78 is 42.4. The molecule has 1 aromatic carbocycles. The van der Waals surface area contributed by atoms with Gasteiger partial charge in [-0.15, -0.1) is 0 Å². The molecule has 166 valence electrons. The monoisotopic (exact) mass is 437 g/mol. The zero-order valence-electron chi connectivity index (χ0n) is 16.6. The Balaban J connectivity index is 1.53. The zero-order chi connectivity index (χ0) is 21.8. The molecular formula is C19H22F3N7O2. The van der Waals surface area contributed by atoms with Crippen LogP contribution < -0.4 is 21.1 Å². The number of halogens is 3. The van der Waals surface area contributed by atoms with Crippen molar-refractivity contribution in [1.82, 2.24) is 24.9 Å². The van der Waals surface area contributed by atoms with Gasteiger partial charge < -0.3 is 25.3 Å². The van der Waals surface area contributed by atoms with Crippen LogP contribution in [0.5, 0.6) is 6.01 Å². The predicted molar refractivity (Wildman–Crippen MR) is 109 cm³/mol. The number of aromatic amines is 2. The fourth-order valence-corrected chi connectivity index (χ4v) is 3.57. The molecule has 9 nitrogen and oxygen atoms in total. The van der Waals surface area contributed by atoms with Crippen LogP contribution in [0.2, 0.25) is 0 Å². The molecule has 0 unspecified atom stereocenters. The minimum atomic E-state index is -4.51. The molecule has 0 atom stereocenters. The number of nitrogens with zero attached hydrogens (tertiary/aromatic N) is 3. The van der Waals surface area contributed by atoms with Gasteiger partial charge in [0.05, 0.1) is 11.0 Å². The summed E-state index contributed by atoms with van der Waals surface area (Å²) in [5.74, 6) is 0.626. The van der Waals surface area contributed by atoms with Gasteiger partial charge in [-0.1, -0.05) is 19.3 Å². The maximum absolute atomic E-state index is 12.6. The van der Waals surface area contributed by atoms with Crippen molar-refractivity contribution in [2.24, 2.45) is 5.92 Å². The van der Waals surface area contributed by atoms with Crippen LogP contribution >= 0.6 is 0 Å². The van der Waals surface area contributed by atoms with Crippen molar-refractivity contribution in [2.45, 2.75) is 38.3 Å².